The van der Waals surface area contributed by atoms with E-state index in [9.17, 15) is 9.59 Å². The van der Waals surface area contributed by atoms with E-state index in [1.54, 1.807) is 6.92 Å². The van der Waals surface area contributed by atoms with Crippen LogP contribution in [0.1, 0.15) is 28.5 Å². The van der Waals surface area contributed by atoms with Gasteiger partial charge in [-0.25, -0.2) is 9.78 Å². The lowest BCUT2D eigenvalue weighted by molar-refractivity contribution is -0.128. The Kier molecular flexibility index (Phi) is 5.27. The molecule has 1 aromatic heterocycles. The topological polar surface area (TPSA) is 68.3 Å². The number of benzene rings is 1. The molecule has 6 heteroatoms. The number of hydrogen-bond donors (Lipinski definition) is 1. The lowest BCUT2D eigenvalue weighted by atomic mass is 10.1. The molecule has 0 radical (unpaired) electrons. The van der Waals surface area contributed by atoms with Gasteiger partial charge in [-0.15, -0.1) is 11.3 Å². The van der Waals surface area contributed by atoms with Crippen LogP contribution in [0.3, 0.4) is 0 Å². The quantitative estimate of drug-likeness (QED) is 0.861. The van der Waals surface area contributed by atoms with E-state index in [4.69, 9.17) is 4.74 Å². The van der Waals surface area contributed by atoms with Crippen molar-refractivity contribution in [3.8, 4) is 11.3 Å². The molecular weight excluding hydrogens is 300 g/mol. The van der Waals surface area contributed by atoms with Crippen LogP contribution in [0.15, 0.2) is 30.3 Å². The van der Waals surface area contributed by atoms with Crippen molar-refractivity contribution in [1.82, 2.24) is 10.3 Å². The zero-order chi connectivity index (χ0) is 16.1. The normalized spacial score (nSPS) is 11.8. The standard InChI is InChI=1S/C16H18N2O3S/c1-4-17-15(19)10(2)21-16(20)14-13(18-11(3)22-14)12-8-6-5-7-9-12/h5-10H,4H2,1-3H3,(H,17,19)/t10-/m1/s1. The van der Waals surface area contributed by atoms with Gasteiger partial charge in [0.1, 0.15) is 4.88 Å². The smallest absolute Gasteiger partial charge is 0.351 e. The Labute approximate surface area is 133 Å². The molecule has 0 bridgehead atoms. The van der Waals surface area contributed by atoms with Gasteiger partial charge in [-0.05, 0) is 20.8 Å². The molecule has 0 spiro atoms. The second-order valence-electron chi connectivity index (χ2n) is 4.72. The molecule has 2 rings (SSSR count). The van der Waals surface area contributed by atoms with Gasteiger partial charge in [0.25, 0.3) is 5.91 Å². The average molecular weight is 318 g/mol. The number of aromatic nitrogens is 1. The molecule has 0 aliphatic rings. The van der Waals surface area contributed by atoms with Crippen LogP contribution in [-0.2, 0) is 9.53 Å². The molecule has 116 valence electrons. The van der Waals surface area contributed by atoms with E-state index in [2.05, 4.69) is 10.3 Å². The Balaban J connectivity index is 2.22. The monoisotopic (exact) mass is 318 g/mol. The zero-order valence-electron chi connectivity index (χ0n) is 12.8. The number of amides is 1. The van der Waals surface area contributed by atoms with Crippen molar-refractivity contribution in [3.63, 3.8) is 0 Å². The molecule has 0 aliphatic carbocycles. The van der Waals surface area contributed by atoms with Crippen molar-refractivity contribution in [2.24, 2.45) is 0 Å². The summed E-state index contributed by atoms with van der Waals surface area (Å²) in [5, 5.41) is 3.40. The predicted octanol–water partition coefficient (Wildman–Crippen LogP) is 2.80. The van der Waals surface area contributed by atoms with Gasteiger partial charge in [0, 0.05) is 12.1 Å². The van der Waals surface area contributed by atoms with Crippen LogP contribution in [0, 0.1) is 6.92 Å². The van der Waals surface area contributed by atoms with Crippen LogP contribution in [0.5, 0.6) is 0 Å². The van der Waals surface area contributed by atoms with Crippen molar-refractivity contribution in [3.05, 3.63) is 40.2 Å². The zero-order valence-corrected chi connectivity index (χ0v) is 13.6. The first-order valence-electron chi connectivity index (χ1n) is 7.04. The number of carbonyl (C=O) groups excluding carboxylic acids is 2. The summed E-state index contributed by atoms with van der Waals surface area (Å²) >= 11 is 1.27. The molecule has 0 saturated heterocycles. The van der Waals surface area contributed by atoms with Gasteiger partial charge >= 0.3 is 5.97 Å². The molecule has 1 atom stereocenters. The number of nitrogens with zero attached hydrogens (tertiary/aromatic N) is 1. The van der Waals surface area contributed by atoms with Gasteiger partial charge in [0.05, 0.1) is 10.7 Å². The second-order valence-corrected chi connectivity index (χ2v) is 5.92. The summed E-state index contributed by atoms with van der Waals surface area (Å²) in [6, 6.07) is 9.45. The fourth-order valence-electron chi connectivity index (χ4n) is 1.94. The van der Waals surface area contributed by atoms with Crippen molar-refractivity contribution < 1.29 is 14.3 Å². The SMILES string of the molecule is CCNC(=O)[C@@H](C)OC(=O)c1sc(C)nc1-c1ccccc1. The van der Waals surface area contributed by atoms with Crippen LogP contribution in [0.4, 0.5) is 0 Å². The van der Waals surface area contributed by atoms with E-state index in [0.717, 1.165) is 10.6 Å². The van der Waals surface area contributed by atoms with Crippen LogP contribution in [0.2, 0.25) is 0 Å². The first-order chi connectivity index (χ1) is 10.5. The van der Waals surface area contributed by atoms with Gasteiger partial charge in [-0.3, -0.25) is 4.79 Å². The summed E-state index contributed by atoms with van der Waals surface area (Å²) in [5.74, 6) is -0.832. The molecule has 1 aromatic carbocycles. The van der Waals surface area contributed by atoms with Crippen molar-refractivity contribution in [2.75, 3.05) is 6.54 Å². The number of carbonyl (C=O) groups is 2. The Morgan fingerprint density at radius 2 is 2.00 bits per heavy atom. The summed E-state index contributed by atoms with van der Waals surface area (Å²) in [6.45, 7) is 5.70. The highest BCUT2D eigenvalue weighted by Gasteiger charge is 2.23. The van der Waals surface area contributed by atoms with Gasteiger partial charge < -0.3 is 10.1 Å². The maximum absolute atomic E-state index is 12.3. The second kappa shape index (κ2) is 7.17. The molecule has 1 N–H and O–H groups in total. The molecule has 5 nitrogen and oxygen atoms in total. The molecule has 0 fully saturated rings. The number of thiazole rings is 1. The Hall–Kier alpha value is -2.21. The molecule has 0 saturated carbocycles. The molecule has 2 aromatic rings. The largest absolute Gasteiger partial charge is 0.448 e. The van der Waals surface area contributed by atoms with E-state index in [0.29, 0.717) is 17.1 Å². The number of nitrogens with one attached hydrogen (secondary N) is 1. The van der Waals surface area contributed by atoms with Gasteiger partial charge in [-0.2, -0.15) is 0 Å². The fourth-order valence-corrected chi connectivity index (χ4v) is 2.77. The highest BCUT2D eigenvalue weighted by Crippen LogP contribution is 2.28. The van der Waals surface area contributed by atoms with Crippen LogP contribution < -0.4 is 5.32 Å². The summed E-state index contributed by atoms with van der Waals surface area (Å²) < 4.78 is 5.25. The third-order valence-electron chi connectivity index (χ3n) is 2.97. The minimum absolute atomic E-state index is 0.307. The highest BCUT2D eigenvalue weighted by atomic mass is 32.1. The van der Waals surface area contributed by atoms with E-state index >= 15 is 0 Å². The summed E-state index contributed by atoms with van der Waals surface area (Å²) in [7, 11) is 0. The van der Waals surface area contributed by atoms with Gasteiger partial charge in [0.15, 0.2) is 6.10 Å². The van der Waals surface area contributed by atoms with Crippen molar-refractivity contribution in [1.29, 1.82) is 0 Å². The maximum Gasteiger partial charge on any atom is 0.351 e. The first kappa shape index (κ1) is 16.2. The van der Waals surface area contributed by atoms with E-state index in [1.165, 1.54) is 11.3 Å². The van der Waals surface area contributed by atoms with Gasteiger partial charge in [0.2, 0.25) is 0 Å². The fraction of sp³-hybridized carbons (Fsp3) is 0.312. The number of hydrogen-bond acceptors (Lipinski definition) is 5. The van der Waals surface area contributed by atoms with Gasteiger partial charge in [-0.1, -0.05) is 30.3 Å². The van der Waals surface area contributed by atoms with Crippen LogP contribution >= 0.6 is 11.3 Å². The minimum atomic E-state index is -0.835. The van der Waals surface area contributed by atoms with Crippen molar-refractivity contribution in [2.45, 2.75) is 26.9 Å². The lowest BCUT2D eigenvalue weighted by Gasteiger charge is -2.12. The van der Waals surface area contributed by atoms with Crippen LogP contribution in [0.25, 0.3) is 11.3 Å². The van der Waals surface area contributed by atoms with E-state index in [-0.39, 0.29) is 5.91 Å². The molecule has 1 amide bonds. The third kappa shape index (κ3) is 3.71. The van der Waals surface area contributed by atoms with E-state index < -0.39 is 12.1 Å². The summed E-state index contributed by atoms with van der Waals surface area (Å²) in [5.41, 5.74) is 1.45. The van der Waals surface area contributed by atoms with Crippen LogP contribution in [-0.4, -0.2) is 29.5 Å². The number of rotatable bonds is 5. The van der Waals surface area contributed by atoms with Crippen molar-refractivity contribution >= 4 is 23.2 Å². The third-order valence-corrected chi connectivity index (χ3v) is 3.92. The Morgan fingerprint density at radius 3 is 2.64 bits per heavy atom. The summed E-state index contributed by atoms with van der Waals surface area (Å²) in [6.07, 6.45) is -0.835. The Bertz CT molecular complexity index is 667. The number of likely N-dealkylation sites (N-methyl/N-ethyl adjacent to an activating group) is 1. The number of ether oxygens (including phenoxy) is 1. The molecule has 22 heavy (non-hydrogen) atoms. The highest BCUT2D eigenvalue weighted by molar-refractivity contribution is 7.14. The Morgan fingerprint density at radius 1 is 1.32 bits per heavy atom. The molecular formula is C16H18N2O3S. The predicted molar refractivity (Wildman–Crippen MR) is 85.8 cm³/mol. The average Bonchev–Trinajstić information content (AvgIpc) is 2.90. The lowest BCUT2D eigenvalue weighted by Crippen LogP contribution is -2.35. The molecule has 0 aliphatic heterocycles. The molecule has 0 unspecified atom stereocenters. The first-order valence-corrected chi connectivity index (χ1v) is 7.86. The number of esters is 1. The summed E-state index contributed by atoms with van der Waals surface area (Å²) in [4.78, 5) is 28.8. The maximum atomic E-state index is 12.3. The number of aryl methyl sites for hydroxylation is 1. The molecule has 1 heterocycles. The minimum Gasteiger partial charge on any atom is -0.448 e. The van der Waals surface area contributed by atoms with E-state index in [1.807, 2.05) is 44.2 Å².